The van der Waals surface area contributed by atoms with Crippen LogP contribution in [0.3, 0.4) is 0 Å². The molecule has 0 aromatic carbocycles. The van der Waals surface area contributed by atoms with Gasteiger partial charge in [0.2, 0.25) is 0 Å². The summed E-state index contributed by atoms with van der Waals surface area (Å²) in [6, 6.07) is 0. The molecule has 26 heavy (non-hydrogen) atoms. The van der Waals surface area contributed by atoms with Crippen molar-refractivity contribution in [2.24, 2.45) is 11.8 Å². The number of carbonyl (C=O) groups excluding carboxylic acids is 1. The number of unbranched alkanes of at least 4 members (excludes halogenated alkanes) is 4. The summed E-state index contributed by atoms with van der Waals surface area (Å²) in [4.78, 5) is 11.0. The lowest BCUT2D eigenvalue weighted by Crippen LogP contribution is -2.01. The molecular formula is C24H40O2. The van der Waals surface area contributed by atoms with Gasteiger partial charge in [0.1, 0.15) is 0 Å². The highest BCUT2D eigenvalue weighted by Gasteiger charge is 2.29. The molecule has 0 aromatic rings. The molecule has 1 atom stereocenters. The van der Waals surface area contributed by atoms with Gasteiger partial charge >= 0.3 is 5.97 Å². The second kappa shape index (κ2) is 15.9. The third kappa shape index (κ3) is 13.0. The van der Waals surface area contributed by atoms with Crippen LogP contribution in [0, 0.1) is 11.8 Å². The lowest BCUT2D eigenvalue weighted by atomic mass is 9.93. The number of rotatable bonds is 16. The zero-order chi connectivity index (χ0) is 18.9. The van der Waals surface area contributed by atoms with Crippen molar-refractivity contribution in [3.05, 3.63) is 36.5 Å². The SMILES string of the molecule is CCCCC/C=C\C[C@@H](CC/C=C\C/C=C\CCCC(=O)OC)C1CC1. The molecule has 1 saturated carbocycles. The molecule has 0 radical (unpaired) electrons. The lowest BCUT2D eigenvalue weighted by Gasteiger charge is -2.12. The molecule has 0 saturated heterocycles. The predicted octanol–water partition coefficient (Wildman–Crippen LogP) is 7.17. The van der Waals surface area contributed by atoms with Crippen LogP contribution in [0.1, 0.15) is 90.4 Å². The van der Waals surface area contributed by atoms with Gasteiger partial charge < -0.3 is 4.74 Å². The van der Waals surface area contributed by atoms with Gasteiger partial charge in [0.05, 0.1) is 7.11 Å². The van der Waals surface area contributed by atoms with Crippen LogP contribution in [0.15, 0.2) is 36.5 Å². The first-order valence-corrected chi connectivity index (χ1v) is 10.8. The van der Waals surface area contributed by atoms with E-state index in [0.29, 0.717) is 6.42 Å². The quantitative estimate of drug-likeness (QED) is 0.166. The average molecular weight is 361 g/mol. The highest BCUT2D eigenvalue weighted by Crippen LogP contribution is 2.41. The van der Waals surface area contributed by atoms with Gasteiger partial charge in [-0.25, -0.2) is 0 Å². The van der Waals surface area contributed by atoms with Crippen LogP contribution in [0.4, 0.5) is 0 Å². The summed E-state index contributed by atoms with van der Waals surface area (Å²) in [6.45, 7) is 2.27. The van der Waals surface area contributed by atoms with Gasteiger partial charge in [0.25, 0.3) is 0 Å². The third-order valence-electron chi connectivity index (χ3n) is 5.16. The Hall–Kier alpha value is -1.31. The largest absolute Gasteiger partial charge is 0.469 e. The van der Waals surface area contributed by atoms with Crippen molar-refractivity contribution in [2.75, 3.05) is 7.11 Å². The predicted molar refractivity (Wildman–Crippen MR) is 112 cm³/mol. The molecule has 0 unspecified atom stereocenters. The molecule has 1 aliphatic rings. The van der Waals surface area contributed by atoms with Crippen molar-refractivity contribution in [1.29, 1.82) is 0 Å². The van der Waals surface area contributed by atoms with Crippen molar-refractivity contribution in [1.82, 2.24) is 0 Å². The van der Waals surface area contributed by atoms with E-state index in [2.05, 4.69) is 48.1 Å². The standard InChI is InChI=1S/C24H40O2/c1-3-4-5-6-11-14-17-22(23-20-21-23)18-15-12-9-7-8-10-13-16-19-24(25)26-2/h8-12,14,22-23H,3-7,13,15-21H2,1-2H3/b10-8-,12-9-,14-11-/t22-/m0/s1. The summed E-state index contributed by atoms with van der Waals surface area (Å²) < 4.78 is 4.63. The maximum absolute atomic E-state index is 11.0. The van der Waals surface area contributed by atoms with Crippen LogP contribution in [-0.4, -0.2) is 13.1 Å². The summed E-state index contributed by atoms with van der Waals surface area (Å²) >= 11 is 0. The van der Waals surface area contributed by atoms with Crippen LogP contribution in [0.5, 0.6) is 0 Å². The molecule has 0 amide bonds. The van der Waals surface area contributed by atoms with Crippen molar-refractivity contribution in [2.45, 2.75) is 90.4 Å². The Bertz CT molecular complexity index is 429. The molecule has 2 nitrogen and oxygen atoms in total. The first-order chi connectivity index (χ1) is 12.8. The maximum Gasteiger partial charge on any atom is 0.305 e. The Morgan fingerprint density at radius 1 is 0.962 bits per heavy atom. The molecule has 0 N–H and O–H groups in total. The van der Waals surface area contributed by atoms with E-state index in [-0.39, 0.29) is 5.97 Å². The fourth-order valence-corrected chi connectivity index (χ4v) is 3.30. The molecule has 0 aliphatic heterocycles. The Labute approximate surface area is 161 Å². The summed E-state index contributed by atoms with van der Waals surface area (Å²) in [6.07, 6.45) is 29.2. The number of esters is 1. The Kier molecular flexibility index (Phi) is 13.9. The minimum Gasteiger partial charge on any atom is -0.469 e. The molecule has 0 heterocycles. The molecular weight excluding hydrogens is 320 g/mol. The molecule has 148 valence electrons. The summed E-state index contributed by atoms with van der Waals surface area (Å²) in [5.41, 5.74) is 0. The van der Waals surface area contributed by atoms with Crippen LogP contribution >= 0.6 is 0 Å². The van der Waals surface area contributed by atoms with E-state index in [1.807, 2.05) is 0 Å². The first kappa shape index (κ1) is 22.7. The Balaban J connectivity index is 2.05. The van der Waals surface area contributed by atoms with Crippen LogP contribution in [0.25, 0.3) is 0 Å². The third-order valence-corrected chi connectivity index (χ3v) is 5.16. The van der Waals surface area contributed by atoms with Crippen molar-refractivity contribution in [3.8, 4) is 0 Å². The molecule has 0 spiro atoms. The minimum absolute atomic E-state index is 0.112. The number of methoxy groups -OCH3 is 1. The molecule has 1 rings (SSSR count). The van der Waals surface area contributed by atoms with Gasteiger partial charge in [-0.1, -0.05) is 56.2 Å². The average Bonchev–Trinajstić information content (AvgIpc) is 3.49. The first-order valence-electron chi connectivity index (χ1n) is 10.8. The van der Waals surface area contributed by atoms with Crippen molar-refractivity contribution in [3.63, 3.8) is 0 Å². The van der Waals surface area contributed by atoms with Gasteiger partial charge in [-0.05, 0) is 76.0 Å². The summed E-state index contributed by atoms with van der Waals surface area (Å²) in [5, 5.41) is 0. The van der Waals surface area contributed by atoms with E-state index in [0.717, 1.165) is 31.1 Å². The van der Waals surface area contributed by atoms with Crippen LogP contribution in [-0.2, 0) is 9.53 Å². The molecule has 0 aromatic heterocycles. The van der Waals surface area contributed by atoms with Crippen LogP contribution < -0.4 is 0 Å². The van der Waals surface area contributed by atoms with Gasteiger partial charge in [0, 0.05) is 6.42 Å². The number of hydrogen-bond donors (Lipinski definition) is 0. The number of ether oxygens (including phenoxy) is 1. The second-order valence-corrected chi connectivity index (χ2v) is 7.52. The monoisotopic (exact) mass is 360 g/mol. The highest BCUT2D eigenvalue weighted by atomic mass is 16.5. The number of allylic oxidation sites excluding steroid dienone is 6. The van der Waals surface area contributed by atoms with E-state index >= 15 is 0 Å². The Morgan fingerprint density at radius 2 is 1.65 bits per heavy atom. The minimum atomic E-state index is -0.112. The smallest absolute Gasteiger partial charge is 0.305 e. The number of hydrogen-bond acceptors (Lipinski definition) is 2. The molecule has 1 aliphatic carbocycles. The molecule has 0 bridgehead atoms. The van der Waals surface area contributed by atoms with E-state index < -0.39 is 0 Å². The fraction of sp³-hybridized carbons (Fsp3) is 0.708. The summed E-state index contributed by atoms with van der Waals surface area (Å²) in [7, 11) is 1.45. The zero-order valence-electron chi connectivity index (χ0n) is 17.1. The lowest BCUT2D eigenvalue weighted by molar-refractivity contribution is -0.140. The van der Waals surface area contributed by atoms with E-state index in [9.17, 15) is 4.79 Å². The van der Waals surface area contributed by atoms with E-state index in [1.54, 1.807) is 0 Å². The molecule has 2 heteroatoms. The maximum atomic E-state index is 11.0. The van der Waals surface area contributed by atoms with Crippen molar-refractivity contribution >= 4 is 5.97 Å². The fourth-order valence-electron chi connectivity index (χ4n) is 3.30. The van der Waals surface area contributed by atoms with Gasteiger partial charge in [-0.2, -0.15) is 0 Å². The topological polar surface area (TPSA) is 26.3 Å². The normalized spacial score (nSPS) is 16.1. The van der Waals surface area contributed by atoms with Gasteiger partial charge in [-0.3, -0.25) is 4.79 Å². The van der Waals surface area contributed by atoms with Gasteiger partial charge in [0.15, 0.2) is 0 Å². The Morgan fingerprint density at radius 3 is 2.35 bits per heavy atom. The zero-order valence-corrected chi connectivity index (χ0v) is 17.1. The highest BCUT2D eigenvalue weighted by molar-refractivity contribution is 5.69. The molecule has 1 fully saturated rings. The van der Waals surface area contributed by atoms with Crippen molar-refractivity contribution < 1.29 is 9.53 Å². The number of carbonyl (C=O) groups is 1. The summed E-state index contributed by atoms with van der Waals surface area (Å²) in [5.74, 6) is 1.79. The van der Waals surface area contributed by atoms with Gasteiger partial charge in [-0.15, -0.1) is 0 Å². The second-order valence-electron chi connectivity index (χ2n) is 7.52. The van der Waals surface area contributed by atoms with E-state index in [4.69, 9.17) is 0 Å². The van der Waals surface area contributed by atoms with E-state index in [1.165, 1.54) is 64.9 Å². The van der Waals surface area contributed by atoms with Crippen LogP contribution in [0.2, 0.25) is 0 Å².